The number of halogens is 1. The first-order chi connectivity index (χ1) is 12.0. The number of carbonyl (C=O) groups is 3. The maximum Gasteiger partial charge on any atom is 0.254 e. The summed E-state index contributed by atoms with van der Waals surface area (Å²) in [5.74, 6) is -2.12. The molecule has 6 nitrogen and oxygen atoms in total. The lowest BCUT2D eigenvalue weighted by Gasteiger charge is -2.27. The third kappa shape index (κ3) is 3.65. The van der Waals surface area contributed by atoms with Gasteiger partial charge >= 0.3 is 0 Å². The Kier molecular flexibility index (Phi) is 5.01. The Morgan fingerprint density at radius 1 is 1.20 bits per heavy atom. The maximum atomic E-state index is 14.4. The van der Waals surface area contributed by atoms with E-state index in [-0.39, 0.29) is 17.5 Å². The van der Waals surface area contributed by atoms with Crippen molar-refractivity contribution in [2.45, 2.75) is 44.6 Å². The molecular weight excluding hydrogens is 325 g/mol. The zero-order valence-corrected chi connectivity index (χ0v) is 14.0. The number of rotatable bonds is 4. The highest BCUT2D eigenvalue weighted by Crippen LogP contribution is 2.27. The van der Waals surface area contributed by atoms with Crippen molar-refractivity contribution in [3.63, 3.8) is 0 Å². The monoisotopic (exact) mass is 347 g/mol. The molecule has 2 unspecified atom stereocenters. The third-order valence-electron chi connectivity index (χ3n) is 5.03. The minimum Gasteiger partial charge on any atom is -0.369 e. The van der Waals surface area contributed by atoms with E-state index in [4.69, 9.17) is 5.73 Å². The highest BCUT2D eigenvalue weighted by molar-refractivity contribution is 5.97. The van der Waals surface area contributed by atoms with Crippen molar-refractivity contribution in [1.82, 2.24) is 5.32 Å². The largest absolute Gasteiger partial charge is 0.369 e. The van der Waals surface area contributed by atoms with E-state index in [1.807, 2.05) is 0 Å². The number of piperidine rings is 1. The Morgan fingerprint density at radius 3 is 2.68 bits per heavy atom. The number of nitrogens with two attached hydrogens (primary N) is 1. The van der Waals surface area contributed by atoms with Crippen molar-refractivity contribution < 1.29 is 18.8 Å². The van der Waals surface area contributed by atoms with Gasteiger partial charge in [0.1, 0.15) is 5.82 Å². The van der Waals surface area contributed by atoms with Crippen LogP contribution in [0.3, 0.4) is 0 Å². The van der Waals surface area contributed by atoms with Crippen LogP contribution in [0.4, 0.5) is 10.1 Å². The highest BCUT2D eigenvalue weighted by atomic mass is 19.1. The van der Waals surface area contributed by atoms with E-state index in [1.165, 1.54) is 12.1 Å². The summed E-state index contributed by atoms with van der Waals surface area (Å²) in [7, 11) is 0. The fraction of sp³-hybridized carbons (Fsp3) is 0.500. The summed E-state index contributed by atoms with van der Waals surface area (Å²) in [5, 5.41) is 2.71. The van der Waals surface area contributed by atoms with Gasteiger partial charge in [-0.15, -0.1) is 0 Å². The molecule has 7 heteroatoms. The van der Waals surface area contributed by atoms with Crippen molar-refractivity contribution in [1.29, 1.82) is 0 Å². The number of amides is 3. The van der Waals surface area contributed by atoms with E-state index in [1.54, 1.807) is 11.0 Å². The zero-order valence-electron chi connectivity index (χ0n) is 14.0. The molecule has 1 heterocycles. The Hall–Kier alpha value is -2.44. The predicted octanol–water partition coefficient (Wildman–Crippen LogP) is 1.73. The van der Waals surface area contributed by atoms with Crippen LogP contribution in [0.2, 0.25) is 0 Å². The van der Waals surface area contributed by atoms with E-state index >= 15 is 0 Å². The van der Waals surface area contributed by atoms with Gasteiger partial charge in [0.05, 0.1) is 11.5 Å². The molecule has 0 bridgehead atoms. The van der Waals surface area contributed by atoms with E-state index in [0.29, 0.717) is 31.5 Å². The zero-order chi connectivity index (χ0) is 18.0. The van der Waals surface area contributed by atoms with Crippen molar-refractivity contribution in [3.8, 4) is 0 Å². The molecule has 3 N–H and O–H groups in total. The topological polar surface area (TPSA) is 92.5 Å². The van der Waals surface area contributed by atoms with E-state index in [2.05, 4.69) is 5.32 Å². The smallest absolute Gasteiger partial charge is 0.254 e. The fourth-order valence-corrected chi connectivity index (χ4v) is 3.65. The van der Waals surface area contributed by atoms with Gasteiger partial charge in [0, 0.05) is 24.7 Å². The van der Waals surface area contributed by atoms with Gasteiger partial charge in [-0.1, -0.05) is 6.42 Å². The molecule has 1 aliphatic heterocycles. The second-order valence-electron chi connectivity index (χ2n) is 6.69. The molecule has 1 saturated carbocycles. The molecule has 2 atom stereocenters. The van der Waals surface area contributed by atoms with Crippen LogP contribution >= 0.6 is 0 Å². The molecule has 3 rings (SSSR count). The van der Waals surface area contributed by atoms with Crippen LogP contribution < -0.4 is 16.0 Å². The van der Waals surface area contributed by atoms with Crippen molar-refractivity contribution in [3.05, 3.63) is 29.6 Å². The predicted molar refractivity (Wildman–Crippen MR) is 90.4 cm³/mol. The SMILES string of the molecule is NC(=O)C1CCCC1NC(=O)c1ccc(N2CCCCC2=O)cc1F. The Morgan fingerprint density at radius 2 is 2.00 bits per heavy atom. The highest BCUT2D eigenvalue weighted by Gasteiger charge is 2.33. The molecule has 0 radical (unpaired) electrons. The van der Waals surface area contributed by atoms with Gasteiger partial charge < -0.3 is 16.0 Å². The van der Waals surface area contributed by atoms with E-state index in [0.717, 1.165) is 19.3 Å². The van der Waals surface area contributed by atoms with Crippen molar-refractivity contribution in [2.24, 2.45) is 11.7 Å². The number of hydrogen-bond donors (Lipinski definition) is 2. The molecule has 1 aliphatic carbocycles. The summed E-state index contributed by atoms with van der Waals surface area (Å²) < 4.78 is 14.4. The summed E-state index contributed by atoms with van der Waals surface area (Å²) in [6.45, 7) is 0.562. The van der Waals surface area contributed by atoms with Gasteiger partial charge in [0.2, 0.25) is 11.8 Å². The van der Waals surface area contributed by atoms with Gasteiger partial charge in [-0.3, -0.25) is 14.4 Å². The Labute approximate surface area is 145 Å². The molecule has 1 saturated heterocycles. The minimum atomic E-state index is -0.679. The average molecular weight is 347 g/mol. The van der Waals surface area contributed by atoms with Crippen LogP contribution in [-0.4, -0.2) is 30.3 Å². The summed E-state index contributed by atoms with van der Waals surface area (Å²) >= 11 is 0. The van der Waals surface area contributed by atoms with Crippen LogP contribution in [0.1, 0.15) is 48.9 Å². The molecular formula is C18H22FN3O3. The van der Waals surface area contributed by atoms with Crippen molar-refractivity contribution in [2.75, 3.05) is 11.4 Å². The van der Waals surface area contributed by atoms with Crippen LogP contribution in [0, 0.1) is 11.7 Å². The Balaban J connectivity index is 1.73. The number of primary amides is 1. The van der Waals surface area contributed by atoms with Gasteiger partial charge in [-0.2, -0.15) is 0 Å². The summed E-state index contributed by atoms with van der Waals surface area (Å²) in [6.07, 6.45) is 4.28. The molecule has 2 fully saturated rings. The standard InChI is InChI=1S/C18H22FN3O3/c19-14-10-11(22-9-2-1-6-16(22)23)7-8-12(14)18(25)21-15-5-3-4-13(15)17(20)24/h7-8,10,13,15H,1-6,9H2,(H2,20,24)(H,21,25). The fourth-order valence-electron chi connectivity index (χ4n) is 3.65. The first-order valence-electron chi connectivity index (χ1n) is 8.67. The van der Waals surface area contributed by atoms with Gasteiger partial charge in [-0.25, -0.2) is 4.39 Å². The van der Waals surface area contributed by atoms with Gasteiger partial charge in [0.25, 0.3) is 5.91 Å². The lowest BCUT2D eigenvalue weighted by atomic mass is 10.0. The number of carbonyl (C=O) groups excluding carboxylic acids is 3. The molecule has 2 aliphatic rings. The molecule has 0 aromatic heterocycles. The molecule has 1 aromatic carbocycles. The molecule has 0 spiro atoms. The van der Waals surface area contributed by atoms with Crippen LogP contribution in [-0.2, 0) is 9.59 Å². The minimum absolute atomic E-state index is 0.0295. The summed E-state index contributed by atoms with van der Waals surface area (Å²) in [5.41, 5.74) is 5.72. The molecule has 25 heavy (non-hydrogen) atoms. The molecule has 134 valence electrons. The van der Waals surface area contributed by atoms with Crippen LogP contribution in [0.15, 0.2) is 18.2 Å². The van der Waals surface area contributed by atoms with E-state index < -0.39 is 23.5 Å². The number of hydrogen-bond acceptors (Lipinski definition) is 3. The van der Waals surface area contributed by atoms with Crippen LogP contribution in [0.25, 0.3) is 0 Å². The van der Waals surface area contributed by atoms with E-state index in [9.17, 15) is 18.8 Å². The number of nitrogens with one attached hydrogen (secondary N) is 1. The summed E-state index contributed by atoms with van der Waals surface area (Å²) in [6, 6.07) is 3.84. The van der Waals surface area contributed by atoms with Crippen molar-refractivity contribution >= 4 is 23.4 Å². The number of benzene rings is 1. The maximum absolute atomic E-state index is 14.4. The number of anilines is 1. The summed E-state index contributed by atoms with van der Waals surface area (Å²) in [4.78, 5) is 37.2. The second-order valence-corrected chi connectivity index (χ2v) is 6.69. The number of nitrogens with zero attached hydrogens (tertiary/aromatic N) is 1. The molecule has 1 aromatic rings. The first-order valence-corrected chi connectivity index (χ1v) is 8.67. The second kappa shape index (κ2) is 7.21. The Bertz CT molecular complexity index is 707. The van der Waals surface area contributed by atoms with Crippen LogP contribution in [0.5, 0.6) is 0 Å². The molecule has 3 amide bonds. The average Bonchev–Trinajstić information content (AvgIpc) is 3.03. The van der Waals surface area contributed by atoms with Gasteiger partial charge in [-0.05, 0) is 43.9 Å². The third-order valence-corrected chi connectivity index (χ3v) is 5.03. The lowest BCUT2D eigenvalue weighted by Crippen LogP contribution is -2.42. The quantitative estimate of drug-likeness (QED) is 0.869. The lowest BCUT2D eigenvalue weighted by molar-refractivity contribution is -0.122. The normalized spacial score (nSPS) is 23.6. The van der Waals surface area contributed by atoms with Gasteiger partial charge in [0.15, 0.2) is 0 Å². The first kappa shape index (κ1) is 17.4.